The maximum Gasteiger partial charge on any atom is 0.328 e. The molecule has 0 aliphatic heterocycles. The first-order chi connectivity index (χ1) is 8.93. The number of nitrogens with one attached hydrogen (secondary N) is 1. The van der Waals surface area contributed by atoms with Crippen molar-refractivity contribution in [3.8, 4) is 5.75 Å². The van der Waals surface area contributed by atoms with Crippen molar-refractivity contribution in [2.24, 2.45) is 0 Å². The predicted octanol–water partition coefficient (Wildman–Crippen LogP) is 0.778. The highest BCUT2D eigenvalue weighted by Gasteiger charge is 2.23. The number of carbonyl (C=O) groups excluding carboxylic acids is 1. The van der Waals surface area contributed by atoms with Crippen LogP contribution in [0.25, 0.3) is 0 Å². The van der Waals surface area contributed by atoms with Crippen LogP contribution in [-0.4, -0.2) is 40.8 Å². The fraction of sp³-hybridized carbons (Fsp3) is 0.333. The molecule has 19 heavy (non-hydrogen) atoms. The van der Waals surface area contributed by atoms with Crippen LogP contribution in [0.2, 0.25) is 0 Å². The van der Waals surface area contributed by atoms with Gasteiger partial charge in [-0.05, 0) is 31.2 Å². The van der Waals surface area contributed by atoms with Crippen LogP contribution in [0.4, 0.5) is 0 Å². The normalized spacial score (nSPS) is 13.4. The molecule has 1 aromatic carbocycles. The molecule has 6 nitrogen and oxygen atoms in total. The van der Waals surface area contributed by atoms with Crippen molar-refractivity contribution in [1.29, 1.82) is 0 Å². The van der Waals surface area contributed by atoms with E-state index in [4.69, 9.17) is 14.9 Å². The monoisotopic (exact) mass is 331 g/mol. The summed E-state index contributed by atoms with van der Waals surface area (Å²) in [7, 11) is 0. The molecule has 0 radical (unpaired) electrons. The summed E-state index contributed by atoms with van der Waals surface area (Å²) in [5.41, 5.74) is 0. The van der Waals surface area contributed by atoms with Gasteiger partial charge in [-0.2, -0.15) is 0 Å². The van der Waals surface area contributed by atoms with Crippen LogP contribution < -0.4 is 10.1 Å². The molecule has 0 saturated carbocycles. The Kier molecular flexibility index (Phi) is 5.78. The third-order valence-corrected chi connectivity index (χ3v) is 2.82. The summed E-state index contributed by atoms with van der Waals surface area (Å²) in [4.78, 5) is 22.3. The summed E-state index contributed by atoms with van der Waals surface area (Å²) in [5.74, 6) is -1.42. The molecule has 0 fully saturated rings. The molecule has 0 aliphatic carbocycles. The Morgan fingerprint density at radius 2 is 1.95 bits per heavy atom. The summed E-state index contributed by atoms with van der Waals surface area (Å²) in [6.07, 6.45) is -0.866. The molecule has 0 saturated heterocycles. The highest BCUT2D eigenvalue weighted by molar-refractivity contribution is 9.10. The lowest BCUT2D eigenvalue weighted by Crippen LogP contribution is -2.48. The van der Waals surface area contributed by atoms with Crippen molar-refractivity contribution < 1.29 is 24.5 Å². The molecule has 0 heterocycles. The second kappa shape index (κ2) is 7.10. The Morgan fingerprint density at radius 1 is 1.37 bits per heavy atom. The molecule has 1 aromatic rings. The standard InChI is InChI=1S/C12H14BrNO5/c1-7(11(16)14-10(6-15)12(17)18)19-9-4-2-8(13)3-5-9/h2-5,7,10,15H,6H2,1H3,(H,14,16)(H,17,18)/t7?,10-/m1/s1. The number of aliphatic carboxylic acids is 1. The number of carbonyl (C=O) groups is 2. The number of halogens is 1. The molecule has 0 spiro atoms. The Morgan fingerprint density at radius 3 is 2.42 bits per heavy atom. The van der Waals surface area contributed by atoms with Gasteiger partial charge in [0.1, 0.15) is 11.8 Å². The predicted molar refractivity (Wildman–Crippen MR) is 70.9 cm³/mol. The SMILES string of the molecule is CC(Oc1ccc(Br)cc1)C(=O)N[C@H](CO)C(=O)O. The van der Waals surface area contributed by atoms with E-state index in [2.05, 4.69) is 21.2 Å². The molecule has 0 aliphatic rings. The number of aliphatic hydroxyl groups is 1. The quantitative estimate of drug-likeness (QED) is 0.715. The molecule has 1 unspecified atom stereocenters. The van der Waals surface area contributed by atoms with E-state index < -0.39 is 30.6 Å². The lowest BCUT2D eigenvalue weighted by molar-refractivity contribution is -0.144. The lowest BCUT2D eigenvalue weighted by atomic mass is 10.2. The van der Waals surface area contributed by atoms with Crippen LogP contribution >= 0.6 is 15.9 Å². The summed E-state index contributed by atoms with van der Waals surface area (Å²) >= 11 is 3.27. The number of hydrogen-bond donors (Lipinski definition) is 3. The summed E-state index contributed by atoms with van der Waals surface area (Å²) < 4.78 is 6.23. The van der Waals surface area contributed by atoms with Crippen molar-refractivity contribution >= 4 is 27.8 Å². The Bertz CT molecular complexity index is 448. The van der Waals surface area contributed by atoms with Gasteiger partial charge in [-0.1, -0.05) is 15.9 Å². The largest absolute Gasteiger partial charge is 0.481 e. The highest BCUT2D eigenvalue weighted by Crippen LogP contribution is 2.17. The smallest absolute Gasteiger partial charge is 0.328 e. The number of rotatable bonds is 6. The summed E-state index contributed by atoms with van der Waals surface area (Å²) in [5, 5.41) is 19.7. The minimum Gasteiger partial charge on any atom is -0.481 e. The van der Waals surface area contributed by atoms with Crippen LogP contribution in [0.15, 0.2) is 28.7 Å². The molecule has 2 atom stereocenters. The lowest BCUT2D eigenvalue weighted by Gasteiger charge is -2.17. The van der Waals surface area contributed by atoms with Crippen LogP contribution in [0.5, 0.6) is 5.75 Å². The van der Waals surface area contributed by atoms with Crippen LogP contribution in [0, 0.1) is 0 Å². The molecular weight excluding hydrogens is 318 g/mol. The van der Waals surface area contributed by atoms with E-state index in [0.717, 1.165) is 4.47 Å². The van der Waals surface area contributed by atoms with Gasteiger partial charge in [0.05, 0.1) is 6.61 Å². The molecule has 1 rings (SSSR count). The van der Waals surface area contributed by atoms with E-state index in [0.29, 0.717) is 5.75 Å². The molecule has 0 bridgehead atoms. The molecule has 3 N–H and O–H groups in total. The number of carboxylic acids is 1. The van der Waals surface area contributed by atoms with Gasteiger partial charge in [-0.15, -0.1) is 0 Å². The van der Waals surface area contributed by atoms with Gasteiger partial charge in [-0.25, -0.2) is 4.79 Å². The fourth-order valence-electron chi connectivity index (χ4n) is 1.25. The van der Waals surface area contributed by atoms with Crippen molar-refractivity contribution in [2.75, 3.05) is 6.61 Å². The van der Waals surface area contributed by atoms with Crippen LogP contribution in [-0.2, 0) is 9.59 Å². The zero-order chi connectivity index (χ0) is 14.4. The Balaban J connectivity index is 2.57. The van der Waals surface area contributed by atoms with E-state index in [1.807, 2.05) is 0 Å². The molecule has 1 amide bonds. The topological polar surface area (TPSA) is 95.9 Å². The van der Waals surface area contributed by atoms with Gasteiger partial charge < -0.3 is 20.3 Å². The second-order valence-electron chi connectivity index (χ2n) is 3.80. The number of ether oxygens (including phenoxy) is 1. The molecule has 7 heteroatoms. The number of carboxylic acid groups (broad SMARTS) is 1. The second-order valence-corrected chi connectivity index (χ2v) is 4.71. The number of aliphatic hydroxyl groups excluding tert-OH is 1. The van der Waals surface area contributed by atoms with Gasteiger partial charge in [0.25, 0.3) is 5.91 Å². The molecule has 104 valence electrons. The number of hydrogen-bond acceptors (Lipinski definition) is 4. The molecule has 0 aromatic heterocycles. The van der Waals surface area contributed by atoms with Gasteiger partial charge in [0.15, 0.2) is 6.10 Å². The maximum atomic E-state index is 11.7. The average molecular weight is 332 g/mol. The Hall–Kier alpha value is -1.60. The first-order valence-corrected chi connectivity index (χ1v) is 6.29. The summed E-state index contributed by atoms with van der Waals surface area (Å²) in [6, 6.07) is 5.54. The van der Waals surface area contributed by atoms with Crippen molar-refractivity contribution in [3.63, 3.8) is 0 Å². The van der Waals surface area contributed by atoms with E-state index in [9.17, 15) is 9.59 Å². The van der Waals surface area contributed by atoms with E-state index in [-0.39, 0.29) is 0 Å². The van der Waals surface area contributed by atoms with Gasteiger partial charge in [0.2, 0.25) is 0 Å². The van der Waals surface area contributed by atoms with Gasteiger partial charge >= 0.3 is 5.97 Å². The van der Waals surface area contributed by atoms with Crippen LogP contribution in [0.3, 0.4) is 0 Å². The minimum absolute atomic E-state index is 0.488. The van der Waals surface area contributed by atoms with E-state index in [1.165, 1.54) is 6.92 Å². The van der Waals surface area contributed by atoms with Crippen LogP contribution in [0.1, 0.15) is 6.92 Å². The first kappa shape index (κ1) is 15.5. The third kappa shape index (κ3) is 4.88. The maximum absolute atomic E-state index is 11.7. The van der Waals surface area contributed by atoms with Gasteiger partial charge in [-0.3, -0.25) is 4.79 Å². The van der Waals surface area contributed by atoms with Gasteiger partial charge in [0, 0.05) is 4.47 Å². The minimum atomic E-state index is -1.33. The Labute approximate surface area is 118 Å². The van der Waals surface area contributed by atoms with Crippen molar-refractivity contribution in [2.45, 2.75) is 19.1 Å². The first-order valence-electron chi connectivity index (χ1n) is 5.50. The molecular formula is C12H14BrNO5. The average Bonchev–Trinajstić information content (AvgIpc) is 2.37. The van der Waals surface area contributed by atoms with E-state index in [1.54, 1.807) is 24.3 Å². The third-order valence-electron chi connectivity index (χ3n) is 2.29. The van der Waals surface area contributed by atoms with Crippen molar-refractivity contribution in [1.82, 2.24) is 5.32 Å². The summed E-state index contributed by atoms with van der Waals surface area (Å²) in [6.45, 7) is 0.819. The zero-order valence-electron chi connectivity index (χ0n) is 10.2. The van der Waals surface area contributed by atoms with E-state index >= 15 is 0 Å². The zero-order valence-corrected chi connectivity index (χ0v) is 11.8. The van der Waals surface area contributed by atoms with Crippen molar-refractivity contribution in [3.05, 3.63) is 28.7 Å². The number of amides is 1. The number of benzene rings is 1. The highest BCUT2D eigenvalue weighted by atomic mass is 79.9. The fourth-order valence-corrected chi connectivity index (χ4v) is 1.51.